The van der Waals surface area contributed by atoms with Gasteiger partial charge in [0.2, 0.25) is 0 Å². The summed E-state index contributed by atoms with van der Waals surface area (Å²) in [6.07, 6.45) is 4.97. The molecule has 0 aliphatic heterocycles. The number of hydrogen-bond donors (Lipinski definition) is 0. The Labute approximate surface area is 160 Å². The van der Waals surface area contributed by atoms with Crippen molar-refractivity contribution in [3.05, 3.63) is 24.0 Å². The van der Waals surface area contributed by atoms with Gasteiger partial charge in [-0.2, -0.15) is 8.78 Å². The number of halogens is 3. The van der Waals surface area contributed by atoms with Crippen molar-refractivity contribution in [2.45, 2.75) is 77.4 Å². The van der Waals surface area contributed by atoms with Gasteiger partial charge in [0.25, 0.3) is 0 Å². The summed E-state index contributed by atoms with van der Waals surface area (Å²) in [7, 11) is 0. The highest BCUT2D eigenvalue weighted by molar-refractivity contribution is 5.33. The van der Waals surface area contributed by atoms with Gasteiger partial charge in [0.05, 0.1) is 12.7 Å². The van der Waals surface area contributed by atoms with Crippen LogP contribution in [0.3, 0.4) is 0 Å². The summed E-state index contributed by atoms with van der Waals surface area (Å²) in [5.74, 6) is -0.267. The van der Waals surface area contributed by atoms with E-state index in [1.54, 1.807) is 6.92 Å². The molecule has 0 N–H and O–H groups in total. The van der Waals surface area contributed by atoms with Gasteiger partial charge < -0.3 is 14.2 Å². The number of rotatable bonds is 11. The minimum Gasteiger partial charge on any atom is -0.491 e. The van der Waals surface area contributed by atoms with Crippen molar-refractivity contribution in [1.82, 2.24) is 0 Å². The van der Waals surface area contributed by atoms with Gasteiger partial charge in [-0.3, -0.25) is 0 Å². The van der Waals surface area contributed by atoms with Crippen LogP contribution in [0.15, 0.2) is 18.2 Å². The number of unbranched alkanes of at least 4 members (excludes halogenated alkanes) is 2. The van der Waals surface area contributed by atoms with E-state index < -0.39 is 18.5 Å². The molecule has 154 valence electrons. The molecule has 0 atom stereocenters. The smallest absolute Gasteiger partial charge is 0.421 e. The average Bonchev–Trinajstić information content (AvgIpc) is 2.63. The first-order valence-electron chi connectivity index (χ1n) is 10.0. The number of alkyl halides is 2. The molecule has 6 heteroatoms. The van der Waals surface area contributed by atoms with Crippen LogP contribution in [0.1, 0.15) is 65.2 Å². The van der Waals surface area contributed by atoms with Gasteiger partial charge in [0.15, 0.2) is 18.2 Å². The van der Waals surface area contributed by atoms with Crippen molar-refractivity contribution >= 4 is 0 Å². The summed E-state index contributed by atoms with van der Waals surface area (Å²) in [4.78, 5) is 0. The second-order valence-corrected chi connectivity index (χ2v) is 7.21. The highest BCUT2D eigenvalue weighted by atomic mass is 19.3. The van der Waals surface area contributed by atoms with Gasteiger partial charge in [0, 0.05) is 6.07 Å². The molecule has 0 unspecified atom stereocenters. The summed E-state index contributed by atoms with van der Waals surface area (Å²) in [6, 6.07) is 3.45. The Morgan fingerprint density at radius 3 is 2.44 bits per heavy atom. The third-order valence-corrected chi connectivity index (χ3v) is 4.97. The molecule has 1 aliphatic carbocycles. The van der Waals surface area contributed by atoms with Gasteiger partial charge in [-0.05, 0) is 50.7 Å². The lowest BCUT2D eigenvalue weighted by Gasteiger charge is -2.29. The van der Waals surface area contributed by atoms with Crippen LogP contribution in [0, 0.1) is 11.7 Å². The van der Waals surface area contributed by atoms with E-state index in [4.69, 9.17) is 9.47 Å². The van der Waals surface area contributed by atoms with E-state index in [0.717, 1.165) is 31.7 Å². The maximum Gasteiger partial charge on any atom is 0.421 e. The normalized spacial score (nSPS) is 20.5. The molecule has 0 aromatic heterocycles. The second kappa shape index (κ2) is 10.8. The topological polar surface area (TPSA) is 27.7 Å². The van der Waals surface area contributed by atoms with E-state index in [0.29, 0.717) is 12.5 Å². The molecule has 2 rings (SSSR count). The first-order valence-corrected chi connectivity index (χ1v) is 10.0. The van der Waals surface area contributed by atoms with E-state index >= 15 is 0 Å². The number of ether oxygens (including phenoxy) is 3. The average molecular weight is 388 g/mol. The van der Waals surface area contributed by atoms with Gasteiger partial charge in [-0.15, -0.1) is 0 Å². The lowest BCUT2D eigenvalue weighted by molar-refractivity contribution is -0.222. The molecule has 27 heavy (non-hydrogen) atoms. The maximum absolute atomic E-state index is 14.0. The summed E-state index contributed by atoms with van der Waals surface area (Å²) in [5.41, 5.74) is 0. The minimum atomic E-state index is -3.50. The van der Waals surface area contributed by atoms with Gasteiger partial charge in [0.1, 0.15) is 5.75 Å². The first-order chi connectivity index (χ1) is 12.9. The fourth-order valence-electron chi connectivity index (χ4n) is 3.50. The molecule has 1 aromatic carbocycles. The molecule has 0 radical (unpaired) electrons. The van der Waals surface area contributed by atoms with Gasteiger partial charge in [-0.25, -0.2) is 4.39 Å². The molecule has 0 bridgehead atoms. The Kier molecular flexibility index (Phi) is 8.74. The van der Waals surface area contributed by atoms with E-state index in [1.165, 1.54) is 37.8 Å². The third-order valence-electron chi connectivity index (χ3n) is 4.97. The Morgan fingerprint density at radius 1 is 1.07 bits per heavy atom. The fraction of sp³-hybridized carbons (Fsp3) is 0.714. The van der Waals surface area contributed by atoms with Crippen molar-refractivity contribution < 1.29 is 27.4 Å². The molecule has 1 aliphatic rings. The SMILES string of the molecule is CCCCCC1CCC(OCC(F)(F)Oc2ccc(OCC)c(F)c2)CC1. The minimum absolute atomic E-state index is 0.0140. The van der Waals surface area contributed by atoms with Crippen LogP contribution in [-0.2, 0) is 4.74 Å². The van der Waals surface area contributed by atoms with Gasteiger partial charge >= 0.3 is 6.11 Å². The quantitative estimate of drug-likeness (QED) is 0.413. The molecule has 1 fully saturated rings. The van der Waals surface area contributed by atoms with Crippen LogP contribution in [-0.4, -0.2) is 25.4 Å². The molecule has 3 nitrogen and oxygen atoms in total. The zero-order valence-electron chi connectivity index (χ0n) is 16.3. The highest BCUT2D eigenvalue weighted by Crippen LogP contribution is 2.32. The molecule has 1 saturated carbocycles. The van der Waals surface area contributed by atoms with Crippen LogP contribution < -0.4 is 9.47 Å². The monoisotopic (exact) mass is 388 g/mol. The predicted octanol–water partition coefficient (Wildman–Crippen LogP) is 6.35. The van der Waals surface area contributed by atoms with E-state index in [-0.39, 0.29) is 17.6 Å². The standard InChI is InChI=1S/C21H31F3O3/c1-3-5-6-7-16-8-10-17(11-9-16)26-15-21(23,24)27-18-12-13-20(25-4-2)19(22)14-18/h12-14,16-17H,3-11,15H2,1-2H3. The molecule has 0 heterocycles. The molecule has 0 saturated heterocycles. The molecular formula is C21H31F3O3. The van der Waals surface area contributed by atoms with Crippen LogP contribution in [0.2, 0.25) is 0 Å². The Morgan fingerprint density at radius 2 is 1.81 bits per heavy atom. The number of hydrogen-bond acceptors (Lipinski definition) is 3. The Hall–Kier alpha value is -1.43. The fourth-order valence-corrected chi connectivity index (χ4v) is 3.50. The third kappa shape index (κ3) is 7.60. The molecular weight excluding hydrogens is 357 g/mol. The van der Waals surface area contributed by atoms with Crippen molar-refractivity contribution in [2.24, 2.45) is 5.92 Å². The zero-order valence-corrected chi connectivity index (χ0v) is 16.3. The Balaban J connectivity index is 1.74. The Bertz CT molecular complexity index is 558. The second-order valence-electron chi connectivity index (χ2n) is 7.21. The van der Waals surface area contributed by atoms with Crippen LogP contribution in [0.5, 0.6) is 11.5 Å². The summed E-state index contributed by atoms with van der Waals surface area (Å²) < 4.78 is 56.9. The van der Waals surface area contributed by atoms with E-state index in [2.05, 4.69) is 11.7 Å². The maximum atomic E-state index is 14.0. The summed E-state index contributed by atoms with van der Waals surface area (Å²) in [6.45, 7) is 3.37. The van der Waals surface area contributed by atoms with Gasteiger partial charge in [-0.1, -0.05) is 32.6 Å². The van der Waals surface area contributed by atoms with Crippen LogP contribution >= 0.6 is 0 Å². The summed E-state index contributed by atoms with van der Waals surface area (Å²) >= 11 is 0. The number of benzene rings is 1. The van der Waals surface area contributed by atoms with Crippen LogP contribution in [0.4, 0.5) is 13.2 Å². The largest absolute Gasteiger partial charge is 0.491 e. The van der Waals surface area contributed by atoms with Crippen molar-refractivity contribution in [3.8, 4) is 11.5 Å². The molecule has 0 amide bonds. The van der Waals surface area contributed by atoms with E-state index in [9.17, 15) is 13.2 Å². The van der Waals surface area contributed by atoms with E-state index in [1.807, 2.05) is 0 Å². The highest BCUT2D eigenvalue weighted by Gasteiger charge is 2.34. The summed E-state index contributed by atoms with van der Waals surface area (Å²) in [5, 5.41) is 0. The lowest BCUT2D eigenvalue weighted by Crippen LogP contribution is -2.34. The molecule has 0 spiro atoms. The first kappa shape index (κ1) is 21.9. The van der Waals surface area contributed by atoms with Crippen LogP contribution in [0.25, 0.3) is 0 Å². The molecule has 1 aromatic rings. The van der Waals surface area contributed by atoms with Crippen molar-refractivity contribution in [1.29, 1.82) is 0 Å². The predicted molar refractivity (Wildman–Crippen MR) is 99.0 cm³/mol. The zero-order chi connectivity index (χ0) is 19.7. The van der Waals surface area contributed by atoms with Crippen molar-refractivity contribution in [3.63, 3.8) is 0 Å². The lowest BCUT2D eigenvalue weighted by atomic mass is 9.84. The van der Waals surface area contributed by atoms with Crippen molar-refractivity contribution in [2.75, 3.05) is 13.2 Å².